The summed E-state index contributed by atoms with van der Waals surface area (Å²) < 4.78 is 4.30. The highest BCUT2D eigenvalue weighted by Crippen LogP contribution is 1.58. The van der Waals surface area contributed by atoms with Gasteiger partial charge in [0.25, 0.3) is 0 Å². The van der Waals surface area contributed by atoms with Gasteiger partial charge in [-0.1, -0.05) is 0 Å². The Kier molecular flexibility index (Phi) is 3.99. The second-order valence-corrected chi connectivity index (χ2v) is 1.82. The maximum Gasteiger partial charge on any atom is 0.415 e. The monoisotopic (exact) mass is 162 g/mol. The van der Waals surface area contributed by atoms with Crippen molar-refractivity contribution >= 4 is 22.0 Å². The average molecular weight is 162 g/mol. The van der Waals surface area contributed by atoms with Gasteiger partial charge in [-0.25, -0.2) is 15.1 Å². The summed E-state index contributed by atoms with van der Waals surface area (Å²) in [6.45, 7) is 0. The molecule has 2 radical (unpaired) electrons. The Hall–Kier alpha value is -1.28. The molecule has 0 bridgehead atoms. The van der Waals surface area contributed by atoms with E-state index in [2.05, 4.69) is 21.0 Å². The third kappa shape index (κ3) is 6.72. The van der Waals surface area contributed by atoms with Crippen molar-refractivity contribution in [3.8, 4) is 0 Å². The second kappa shape index (κ2) is 4.58. The minimum Gasteiger partial charge on any atom is -0.352 e. The summed E-state index contributed by atoms with van der Waals surface area (Å²) in [4.78, 5) is 21.9. The number of nitrogens with one attached hydrogen (secondary N) is 2. The van der Waals surface area contributed by atoms with Crippen molar-refractivity contribution in [1.29, 1.82) is 0 Å². The zero-order chi connectivity index (χ0) is 7.98. The van der Waals surface area contributed by atoms with Gasteiger partial charge < -0.3 is 16.4 Å². The summed E-state index contributed by atoms with van der Waals surface area (Å²) in [5, 5.41) is 0. The first-order chi connectivity index (χ1) is 4.63. The third-order valence-corrected chi connectivity index (χ3v) is 0.929. The number of primary amides is 2. The molecule has 0 heterocycles. The highest BCUT2D eigenvalue weighted by molar-refractivity contribution is 6.29. The smallest absolute Gasteiger partial charge is 0.352 e. The number of hydrogen-bond donors (Lipinski definition) is 4. The Labute approximate surface area is 59.1 Å². The van der Waals surface area contributed by atoms with Crippen molar-refractivity contribution in [2.45, 2.75) is 0 Å². The molecule has 7 nitrogen and oxygen atoms in total. The maximum absolute atomic E-state index is 9.94. The van der Waals surface area contributed by atoms with Crippen molar-refractivity contribution in [3.05, 3.63) is 0 Å². The lowest BCUT2D eigenvalue weighted by Gasteiger charge is -1.99. The van der Waals surface area contributed by atoms with E-state index in [-0.39, 0.29) is 0 Å². The normalized spacial score (nSPS) is 8.40. The van der Waals surface area contributed by atoms with Crippen LogP contribution in [0, 0.1) is 0 Å². The zero-order valence-corrected chi connectivity index (χ0v) is 5.88. The second-order valence-electron chi connectivity index (χ2n) is 1.16. The van der Waals surface area contributed by atoms with E-state index < -0.39 is 22.0 Å². The lowest BCUT2D eigenvalue weighted by molar-refractivity contribution is 0.188. The third-order valence-electron chi connectivity index (χ3n) is 0.377. The molecule has 0 aliphatic carbocycles. The highest BCUT2D eigenvalue weighted by atomic mass is 28.2. The molecule has 0 saturated heterocycles. The quantitative estimate of drug-likeness (QED) is 0.214. The molecule has 6 N–H and O–H groups in total. The van der Waals surface area contributed by atoms with Crippen LogP contribution in [0.2, 0.25) is 0 Å². The minimum absolute atomic E-state index is 0.431. The number of hydrogen-bond acceptors (Lipinski definition) is 3. The Morgan fingerprint density at radius 1 is 1.30 bits per heavy atom. The van der Waals surface area contributed by atoms with Crippen LogP contribution in [0.25, 0.3) is 0 Å². The zero-order valence-electron chi connectivity index (χ0n) is 4.88. The number of rotatable bonds is 3. The first-order valence-electron chi connectivity index (χ1n) is 2.14. The summed E-state index contributed by atoms with van der Waals surface area (Å²) in [5.74, 6) is 0. The fourth-order valence-electron chi connectivity index (χ4n) is 0.152. The lowest BCUT2D eigenvalue weighted by atomic mass is 11.2. The van der Waals surface area contributed by atoms with Gasteiger partial charge in [0.05, 0.1) is 0 Å². The van der Waals surface area contributed by atoms with Crippen molar-refractivity contribution in [2.75, 3.05) is 0 Å². The lowest BCUT2D eigenvalue weighted by Crippen LogP contribution is -2.39. The largest absolute Gasteiger partial charge is 0.415 e. The number of nitrogens with two attached hydrogens (primary N) is 2. The molecule has 0 unspecified atom stereocenters. The summed E-state index contributed by atoms with van der Waals surface area (Å²) in [7, 11) is -0.431. The molecular formula is C2H6N4O3Si. The van der Waals surface area contributed by atoms with E-state index in [1.54, 1.807) is 5.48 Å². The van der Waals surface area contributed by atoms with Crippen LogP contribution in [0.5, 0.6) is 0 Å². The van der Waals surface area contributed by atoms with Gasteiger partial charge in [0, 0.05) is 0 Å². The van der Waals surface area contributed by atoms with Crippen LogP contribution in [0.4, 0.5) is 9.59 Å². The number of amides is 4. The Balaban J connectivity index is 3.06. The molecule has 56 valence electrons. The van der Waals surface area contributed by atoms with Crippen LogP contribution >= 0.6 is 0 Å². The molecule has 0 aromatic rings. The molecule has 4 amide bonds. The SMILES string of the molecule is NC(=O)NO[Si]NC(N)=O. The van der Waals surface area contributed by atoms with Crippen molar-refractivity contribution in [3.63, 3.8) is 0 Å². The van der Waals surface area contributed by atoms with Crippen LogP contribution in [0.1, 0.15) is 0 Å². The summed E-state index contributed by atoms with van der Waals surface area (Å²) in [6, 6.07) is -1.57. The summed E-state index contributed by atoms with van der Waals surface area (Å²) in [5.41, 5.74) is 11.0. The van der Waals surface area contributed by atoms with Crippen LogP contribution in [-0.2, 0) is 4.53 Å². The van der Waals surface area contributed by atoms with Crippen LogP contribution in [-0.4, -0.2) is 22.0 Å². The molecule has 0 aliphatic heterocycles. The van der Waals surface area contributed by atoms with E-state index in [0.29, 0.717) is 0 Å². The van der Waals surface area contributed by atoms with Crippen molar-refractivity contribution in [1.82, 2.24) is 10.5 Å². The van der Waals surface area contributed by atoms with E-state index in [1.807, 2.05) is 0 Å². The number of hydroxylamine groups is 1. The molecule has 0 aromatic heterocycles. The molecule has 0 fully saturated rings. The molecule has 0 aliphatic rings. The van der Waals surface area contributed by atoms with E-state index in [1.165, 1.54) is 0 Å². The molecule has 0 rings (SSSR count). The predicted octanol–water partition coefficient (Wildman–Crippen LogP) is -2.21. The van der Waals surface area contributed by atoms with Gasteiger partial charge in [-0.15, -0.1) is 0 Å². The Bertz CT molecular complexity index is 122. The van der Waals surface area contributed by atoms with Gasteiger partial charge in [-0.3, -0.25) is 4.53 Å². The molecule has 0 spiro atoms. The minimum atomic E-state index is -0.834. The van der Waals surface area contributed by atoms with Crippen LogP contribution in [0.15, 0.2) is 0 Å². The van der Waals surface area contributed by atoms with Gasteiger partial charge in [-0.2, -0.15) is 0 Å². The molecule has 0 aromatic carbocycles. The van der Waals surface area contributed by atoms with Gasteiger partial charge in [0.15, 0.2) is 0 Å². The van der Waals surface area contributed by atoms with Gasteiger partial charge >= 0.3 is 22.0 Å². The average Bonchev–Trinajstić information content (AvgIpc) is 1.79. The first-order valence-corrected chi connectivity index (χ1v) is 3.05. The highest BCUT2D eigenvalue weighted by Gasteiger charge is 1.95. The van der Waals surface area contributed by atoms with Crippen LogP contribution < -0.4 is 21.9 Å². The van der Waals surface area contributed by atoms with Gasteiger partial charge in [0.2, 0.25) is 0 Å². The maximum atomic E-state index is 9.94. The topological polar surface area (TPSA) is 119 Å². The van der Waals surface area contributed by atoms with E-state index in [0.717, 1.165) is 0 Å². The molecule has 10 heavy (non-hydrogen) atoms. The molecule has 0 atom stereocenters. The van der Waals surface area contributed by atoms with Crippen LogP contribution in [0.3, 0.4) is 0 Å². The Morgan fingerprint density at radius 3 is 2.30 bits per heavy atom. The Morgan fingerprint density at radius 2 is 1.90 bits per heavy atom. The molecule has 0 saturated carbocycles. The van der Waals surface area contributed by atoms with E-state index >= 15 is 0 Å². The standard InChI is InChI=1S/C2H6N4O3Si/c3-1(7)5-9-10-6-2(4)8/h(H3,3,5,7)(H3,4,6,8). The van der Waals surface area contributed by atoms with E-state index in [4.69, 9.17) is 0 Å². The van der Waals surface area contributed by atoms with Gasteiger partial charge in [-0.05, 0) is 0 Å². The fraction of sp³-hybridized carbons (Fsp3) is 0. The number of carbonyl (C=O) groups is 2. The predicted molar refractivity (Wildman–Crippen MR) is 32.3 cm³/mol. The number of urea groups is 2. The number of carbonyl (C=O) groups excluding carboxylic acids is 2. The summed E-state index contributed by atoms with van der Waals surface area (Å²) >= 11 is 0. The summed E-state index contributed by atoms with van der Waals surface area (Å²) in [6.07, 6.45) is 0. The fourth-order valence-corrected chi connectivity index (χ4v) is 0.455. The molecular weight excluding hydrogens is 156 g/mol. The van der Waals surface area contributed by atoms with Crippen molar-refractivity contribution in [2.24, 2.45) is 11.5 Å². The first kappa shape index (κ1) is 8.72. The molecule has 8 heteroatoms. The van der Waals surface area contributed by atoms with Crippen molar-refractivity contribution < 1.29 is 14.1 Å². The van der Waals surface area contributed by atoms with Gasteiger partial charge in [0.1, 0.15) is 0 Å². The van der Waals surface area contributed by atoms with E-state index in [9.17, 15) is 9.59 Å².